The summed E-state index contributed by atoms with van der Waals surface area (Å²) in [5, 5.41) is 0. The molecule has 1 unspecified atom stereocenters. The first-order valence-electron chi connectivity index (χ1n) is 3.78. The molecule has 0 aromatic heterocycles. The quantitative estimate of drug-likeness (QED) is 0.646. The summed E-state index contributed by atoms with van der Waals surface area (Å²) in [6, 6.07) is 0. The second-order valence-electron chi connectivity index (χ2n) is 3.08. The van der Waals surface area contributed by atoms with Crippen LogP contribution < -0.4 is 0 Å². The lowest BCUT2D eigenvalue weighted by molar-refractivity contribution is 0.240. The van der Waals surface area contributed by atoms with Crippen molar-refractivity contribution in [1.29, 1.82) is 0 Å². The minimum absolute atomic E-state index is 0.232. The normalized spacial score (nSPS) is 14.3. The average molecular weight is 211 g/mol. The molecule has 0 aliphatic rings. The Labute approximate surface area is 80.6 Å². The summed E-state index contributed by atoms with van der Waals surface area (Å²) in [7, 11) is -0.694. The van der Waals surface area contributed by atoms with E-state index in [-0.39, 0.29) is 6.10 Å². The summed E-state index contributed by atoms with van der Waals surface area (Å²) < 4.78 is 5.26. The summed E-state index contributed by atoms with van der Waals surface area (Å²) in [6.45, 7) is 6.43. The predicted molar refractivity (Wildman–Crippen MR) is 56.7 cm³/mol. The van der Waals surface area contributed by atoms with Crippen LogP contribution in [-0.4, -0.2) is 6.10 Å². The van der Waals surface area contributed by atoms with Crippen LogP contribution in [0.3, 0.4) is 0 Å². The molecule has 0 bridgehead atoms. The summed E-state index contributed by atoms with van der Waals surface area (Å²) in [5.74, 6) is 0.734. The molecule has 0 radical (unpaired) electrons. The van der Waals surface area contributed by atoms with Crippen molar-refractivity contribution in [3.63, 3.8) is 0 Å². The van der Waals surface area contributed by atoms with Crippen LogP contribution in [0.1, 0.15) is 33.6 Å². The molecule has 1 atom stereocenters. The fourth-order valence-corrected chi connectivity index (χ4v) is 1.92. The average Bonchev–Trinajstić information content (AvgIpc) is 1.82. The van der Waals surface area contributed by atoms with Crippen molar-refractivity contribution < 1.29 is 4.18 Å². The summed E-state index contributed by atoms with van der Waals surface area (Å²) in [5.41, 5.74) is 0. The van der Waals surface area contributed by atoms with E-state index in [2.05, 4.69) is 13.8 Å². The molecular weight excluding hydrogens is 196 g/mol. The minimum atomic E-state index is -0.694. The zero-order valence-corrected chi connectivity index (χ0v) is 9.65. The molecule has 0 amide bonds. The number of rotatable bonds is 5. The fraction of sp³-hybridized carbons (Fsp3) is 1.00. The van der Waals surface area contributed by atoms with Crippen LogP contribution in [0, 0.1) is 5.92 Å². The monoisotopic (exact) mass is 211 g/mol. The van der Waals surface area contributed by atoms with Gasteiger partial charge in [-0.2, -0.15) is 0 Å². The molecular formula is C7H15OS3-. The smallest absolute Gasteiger partial charge is 0.0319 e. The molecule has 0 aromatic rings. The van der Waals surface area contributed by atoms with Crippen molar-refractivity contribution in [2.24, 2.45) is 5.92 Å². The van der Waals surface area contributed by atoms with E-state index in [0.717, 1.165) is 12.3 Å². The van der Waals surface area contributed by atoms with Gasteiger partial charge in [-0.1, -0.05) is 13.8 Å². The lowest BCUT2D eigenvalue weighted by atomic mass is 10.1. The van der Waals surface area contributed by atoms with E-state index in [9.17, 15) is 0 Å². The van der Waals surface area contributed by atoms with Gasteiger partial charge in [-0.05, 0) is 25.7 Å². The minimum Gasteiger partial charge on any atom is -0.464 e. The Morgan fingerprint density at radius 3 is 2.09 bits per heavy atom. The standard InChI is InChI=1S/C7H15OS3/c1-6(2)4-5-7(3)8-11(9)10/h6-7H,4-5H2,1-3H3/q-1. The molecule has 0 N–H and O–H groups in total. The molecule has 68 valence electrons. The molecule has 1 nitrogen and oxygen atoms in total. The highest BCUT2D eigenvalue weighted by Crippen LogP contribution is 2.08. The lowest BCUT2D eigenvalue weighted by Gasteiger charge is -2.17. The van der Waals surface area contributed by atoms with Gasteiger partial charge < -0.3 is 4.18 Å². The Bertz CT molecular complexity index is 155. The van der Waals surface area contributed by atoms with Crippen molar-refractivity contribution in [2.45, 2.75) is 39.7 Å². The third-order valence-electron chi connectivity index (χ3n) is 1.39. The maximum atomic E-state index is 5.26. The Balaban J connectivity index is 3.44. The van der Waals surface area contributed by atoms with Gasteiger partial charge in [0.15, 0.2) is 0 Å². The molecule has 0 saturated heterocycles. The van der Waals surface area contributed by atoms with Crippen LogP contribution in [-0.2, 0) is 34.9 Å². The second-order valence-corrected chi connectivity index (χ2v) is 6.13. The molecule has 0 fully saturated rings. The third kappa shape index (κ3) is 8.66. The van der Waals surface area contributed by atoms with E-state index in [4.69, 9.17) is 26.6 Å². The highest BCUT2D eigenvalue weighted by atomic mass is 33.1. The number of hydrogen-bond donors (Lipinski definition) is 0. The summed E-state index contributed by atoms with van der Waals surface area (Å²) >= 11 is 9.51. The van der Waals surface area contributed by atoms with Gasteiger partial charge in [0.1, 0.15) is 0 Å². The molecule has 0 saturated carbocycles. The van der Waals surface area contributed by atoms with E-state index in [1.165, 1.54) is 6.42 Å². The topological polar surface area (TPSA) is 9.23 Å². The van der Waals surface area contributed by atoms with E-state index < -0.39 is 8.29 Å². The van der Waals surface area contributed by atoms with Gasteiger partial charge in [-0.25, -0.2) is 30.7 Å². The Hall–Kier alpha value is 0.750. The Morgan fingerprint density at radius 1 is 1.18 bits per heavy atom. The van der Waals surface area contributed by atoms with Gasteiger partial charge in [-0.15, -0.1) is 0 Å². The molecule has 0 heterocycles. The van der Waals surface area contributed by atoms with Crippen LogP contribution in [0.5, 0.6) is 0 Å². The highest BCUT2D eigenvalue weighted by molar-refractivity contribution is 8.44. The Kier molecular flexibility index (Phi) is 6.71. The van der Waals surface area contributed by atoms with E-state index >= 15 is 0 Å². The molecule has 0 rings (SSSR count). The van der Waals surface area contributed by atoms with Gasteiger partial charge >= 0.3 is 0 Å². The van der Waals surface area contributed by atoms with Crippen LogP contribution in [0.2, 0.25) is 0 Å². The zero-order chi connectivity index (χ0) is 8.85. The SMILES string of the molecule is CC(C)CCC(C)O[S-](=S)=S. The van der Waals surface area contributed by atoms with Gasteiger partial charge in [0.2, 0.25) is 0 Å². The van der Waals surface area contributed by atoms with Gasteiger partial charge in [0.05, 0.1) is 0 Å². The van der Waals surface area contributed by atoms with Gasteiger partial charge in [0.25, 0.3) is 0 Å². The maximum absolute atomic E-state index is 5.26. The van der Waals surface area contributed by atoms with Crippen LogP contribution in [0.15, 0.2) is 0 Å². The Morgan fingerprint density at radius 2 is 1.73 bits per heavy atom. The van der Waals surface area contributed by atoms with Crippen LogP contribution in [0.4, 0.5) is 0 Å². The first kappa shape index (κ1) is 11.8. The van der Waals surface area contributed by atoms with Crippen molar-refractivity contribution in [1.82, 2.24) is 0 Å². The molecule has 0 spiro atoms. The van der Waals surface area contributed by atoms with Crippen LogP contribution in [0.25, 0.3) is 0 Å². The van der Waals surface area contributed by atoms with E-state index in [0.29, 0.717) is 0 Å². The molecule has 4 heteroatoms. The lowest BCUT2D eigenvalue weighted by Crippen LogP contribution is -2.07. The zero-order valence-electron chi connectivity index (χ0n) is 7.20. The number of hydrogen-bond acceptors (Lipinski definition) is 4. The van der Waals surface area contributed by atoms with Gasteiger partial charge in [0, 0.05) is 6.10 Å². The van der Waals surface area contributed by atoms with Gasteiger partial charge in [-0.3, -0.25) is 0 Å². The van der Waals surface area contributed by atoms with Crippen molar-refractivity contribution >= 4 is 30.7 Å². The molecule has 0 aliphatic carbocycles. The molecule has 0 aliphatic heterocycles. The van der Waals surface area contributed by atoms with E-state index in [1.54, 1.807) is 0 Å². The predicted octanol–water partition coefficient (Wildman–Crippen LogP) is 2.28. The second kappa shape index (κ2) is 6.29. The van der Waals surface area contributed by atoms with Crippen LogP contribution >= 0.6 is 0 Å². The molecule has 11 heavy (non-hydrogen) atoms. The van der Waals surface area contributed by atoms with Crippen molar-refractivity contribution in [2.75, 3.05) is 0 Å². The van der Waals surface area contributed by atoms with Crippen molar-refractivity contribution in [3.05, 3.63) is 0 Å². The van der Waals surface area contributed by atoms with Crippen molar-refractivity contribution in [3.8, 4) is 0 Å². The molecule has 0 aromatic carbocycles. The first-order chi connectivity index (χ1) is 5.02. The van der Waals surface area contributed by atoms with E-state index in [1.807, 2.05) is 6.92 Å². The largest absolute Gasteiger partial charge is 0.464 e. The summed E-state index contributed by atoms with van der Waals surface area (Å²) in [4.78, 5) is 0. The first-order valence-corrected chi connectivity index (χ1v) is 6.78. The third-order valence-corrected chi connectivity index (χ3v) is 2.35. The summed E-state index contributed by atoms with van der Waals surface area (Å²) in [6.07, 6.45) is 2.48. The fourth-order valence-electron chi connectivity index (χ4n) is 0.750. The highest BCUT2D eigenvalue weighted by Gasteiger charge is 1.99. The maximum Gasteiger partial charge on any atom is 0.0319 e.